The fraction of sp³-hybridized carbons (Fsp3) is 0.250. The van der Waals surface area contributed by atoms with Gasteiger partial charge in [-0.2, -0.15) is 5.26 Å². The number of carbonyl (C=O) groups is 1. The lowest BCUT2D eigenvalue weighted by Gasteiger charge is -2.30. The predicted octanol–water partition coefficient (Wildman–Crippen LogP) is 2.78. The summed E-state index contributed by atoms with van der Waals surface area (Å²) < 4.78 is 32.1. The van der Waals surface area contributed by atoms with Crippen LogP contribution in [0.3, 0.4) is 0 Å². The van der Waals surface area contributed by atoms with Gasteiger partial charge in [-0.3, -0.25) is 4.79 Å². The van der Waals surface area contributed by atoms with Crippen LogP contribution >= 0.6 is 0 Å². The van der Waals surface area contributed by atoms with Gasteiger partial charge in [-0.05, 0) is 24.1 Å². The van der Waals surface area contributed by atoms with Gasteiger partial charge in [-0.15, -0.1) is 0 Å². The number of nitrogens with two attached hydrogens (primary N) is 1. The number of halogens is 2. The molecule has 0 saturated carbocycles. The standard InChI is InChI=1S/C16H12F2N2O2/c17-10-5-4-8(6-11(10)18)14-9(7-19)16(20)22-13-3-1-2-12(21)15(13)14/h4-6,14H,1-3,20H2/t14-/m1/s1. The largest absolute Gasteiger partial charge is 0.444 e. The molecule has 0 bridgehead atoms. The van der Waals surface area contributed by atoms with Crippen molar-refractivity contribution in [3.63, 3.8) is 0 Å². The number of hydrogen-bond donors (Lipinski definition) is 1. The van der Waals surface area contributed by atoms with Gasteiger partial charge in [0.05, 0.1) is 5.92 Å². The van der Waals surface area contributed by atoms with Crippen LogP contribution < -0.4 is 5.73 Å². The molecule has 1 aliphatic heterocycles. The molecule has 1 aromatic rings. The summed E-state index contributed by atoms with van der Waals surface area (Å²) in [6.07, 6.45) is 1.50. The van der Waals surface area contributed by atoms with Gasteiger partial charge in [0, 0.05) is 18.4 Å². The second-order valence-electron chi connectivity index (χ2n) is 5.21. The minimum absolute atomic E-state index is 0.0417. The molecule has 0 unspecified atom stereocenters. The third kappa shape index (κ3) is 2.15. The monoisotopic (exact) mass is 302 g/mol. The SMILES string of the molecule is N#CC1=C(N)OC2=C(C(=O)CCC2)[C@@H]1c1ccc(F)c(F)c1. The first-order valence-corrected chi connectivity index (χ1v) is 6.81. The molecule has 1 aliphatic carbocycles. The number of allylic oxidation sites excluding steroid dienone is 3. The predicted molar refractivity (Wildman–Crippen MR) is 72.9 cm³/mol. The lowest BCUT2D eigenvalue weighted by Crippen LogP contribution is -2.27. The molecular formula is C16H12F2N2O2. The highest BCUT2D eigenvalue weighted by molar-refractivity contribution is 5.99. The van der Waals surface area contributed by atoms with Gasteiger partial charge in [0.1, 0.15) is 17.4 Å². The zero-order chi connectivity index (χ0) is 15.9. The normalized spacial score (nSPS) is 21.3. The Kier molecular flexibility index (Phi) is 3.41. The van der Waals surface area contributed by atoms with Crippen molar-refractivity contribution in [2.24, 2.45) is 5.73 Å². The molecule has 2 aliphatic rings. The number of benzene rings is 1. The highest BCUT2D eigenvalue weighted by atomic mass is 19.2. The number of ketones is 1. The maximum atomic E-state index is 13.5. The highest BCUT2D eigenvalue weighted by Crippen LogP contribution is 2.43. The molecule has 22 heavy (non-hydrogen) atoms. The number of ether oxygens (including phenoxy) is 1. The number of rotatable bonds is 1. The molecule has 112 valence electrons. The average molecular weight is 302 g/mol. The van der Waals surface area contributed by atoms with Gasteiger partial charge in [0.25, 0.3) is 0 Å². The number of nitriles is 1. The Morgan fingerprint density at radius 1 is 1.27 bits per heavy atom. The van der Waals surface area contributed by atoms with E-state index in [-0.39, 0.29) is 17.2 Å². The molecule has 1 atom stereocenters. The molecule has 1 aromatic carbocycles. The summed E-state index contributed by atoms with van der Waals surface area (Å²) in [6, 6.07) is 5.23. The molecule has 0 aromatic heterocycles. The van der Waals surface area contributed by atoms with Crippen LogP contribution in [0, 0.1) is 23.0 Å². The first-order chi connectivity index (χ1) is 10.5. The Balaban J connectivity index is 2.20. The Morgan fingerprint density at radius 2 is 2.05 bits per heavy atom. The number of hydrogen-bond acceptors (Lipinski definition) is 4. The van der Waals surface area contributed by atoms with Crippen molar-refractivity contribution < 1.29 is 18.3 Å². The van der Waals surface area contributed by atoms with Crippen LogP contribution in [0.2, 0.25) is 0 Å². The van der Waals surface area contributed by atoms with Crippen molar-refractivity contribution in [3.05, 3.63) is 58.2 Å². The van der Waals surface area contributed by atoms with Gasteiger partial charge in [-0.25, -0.2) is 8.78 Å². The molecule has 2 N–H and O–H groups in total. The summed E-state index contributed by atoms with van der Waals surface area (Å²) in [6.45, 7) is 0. The van der Waals surface area contributed by atoms with Gasteiger partial charge in [0.2, 0.25) is 5.88 Å². The summed E-state index contributed by atoms with van der Waals surface area (Å²) in [5, 5.41) is 9.32. The Labute approximate surface area is 125 Å². The first kappa shape index (κ1) is 14.3. The number of Topliss-reactive ketones (excluding diaryl/α,β-unsaturated/α-hetero) is 1. The van der Waals surface area contributed by atoms with Crippen LogP contribution in [0.4, 0.5) is 8.78 Å². The van der Waals surface area contributed by atoms with Crippen molar-refractivity contribution in [2.45, 2.75) is 25.2 Å². The van der Waals surface area contributed by atoms with Gasteiger partial charge < -0.3 is 10.5 Å². The van der Waals surface area contributed by atoms with Crippen LogP contribution in [0.25, 0.3) is 0 Å². The third-order valence-electron chi connectivity index (χ3n) is 3.88. The topological polar surface area (TPSA) is 76.1 Å². The molecule has 0 radical (unpaired) electrons. The van der Waals surface area contributed by atoms with E-state index in [1.807, 2.05) is 6.07 Å². The van der Waals surface area contributed by atoms with E-state index >= 15 is 0 Å². The van der Waals surface area contributed by atoms with E-state index in [9.17, 15) is 18.8 Å². The Bertz CT molecular complexity index is 775. The zero-order valence-corrected chi connectivity index (χ0v) is 11.5. The molecular weight excluding hydrogens is 290 g/mol. The van der Waals surface area contributed by atoms with Crippen molar-refractivity contribution >= 4 is 5.78 Å². The number of nitrogens with zero attached hydrogens (tertiary/aromatic N) is 1. The van der Waals surface area contributed by atoms with Gasteiger partial charge in [0.15, 0.2) is 17.4 Å². The van der Waals surface area contributed by atoms with Crippen LogP contribution in [0.5, 0.6) is 0 Å². The summed E-state index contributed by atoms with van der Waals surface area (Å²) in [5.41, 5.74) is 6.43. The molecule has 3 rings (SSSR count). The van der Waals surface area contributed by atoms with Crippen molar-refractivity contribution in [2.75, 3.05) is 0 Å². The quantitative estimate of drug-likeness (QED) is 0.865. The van der Waals surface area contributed by atoms with Crippen molar-refractivity contribution in [1.82, 2.24) is 0 Å². The summed E-state index contributed by atoms with van der Waals surface area (Å²) >= 11 is 0. The summed E-state index contributed by atoms with van der Waals surface area (Å²) in [5.74, 6) is -2.67. The van der Waals surface area contributed by atoms with E-state index in [1.54, 1.807) is 0 Å². The van der Waals surface area contributed by atoms with Crippen LogP contribution in [0.15, 0.2) is 41.0 Å². The second-order valence-corrected chi connectivity index (χ2v) is 5.21. The minimum Gasteiger partial charge on any atom is -0.444 e. The third-order valence-corrected chi connectivity index (χ3v) is 3.88. The lowest BCUT2D eigenvalue weighted by atomic mass is 9.77. The van der Waals surface area contributed by atoms with E-state index in [2.05, 4.69) is 0 Å². The molecule has 0 fully saturated rings. The molecule has 4 nitrogen and oxygen atoms in total. The van der Waals surface area contributed by atoms with Gasteiger partial charge >= 0.3 is 0 Å². The average Bonchev–Trinajstić information content (AvgIpc) is 2.49. The van der Waals surface area contributed by atoms with E-state index in [4.69, 9.17) is 10.5 Å². The van der Waals surface area contributed by atoms with Crippen LogP contribution in [-0.2, 0) is 9.53 Å². The Morgan fingerprint density at radius 3 is 2.73 bits per heavy atom. The number of carbonyl (C=O) groups excluding carboxylic acids is 1. The van der Waals surface area contributed by atoms with Crippen molar-refractivity contribution in [1.29, 1.82) is 5.26 Å². The second kappa shape index (κ2) is 5.26. The Hall–Kier alpha value is -2.68. The maximum absolute atomic E-state index is 13.5. The van der Waals surface area contributed by atoms with E-state index < -0.39 is 17.6 Å². The van der Waals surface area contributed by atoms with E-state index in [1.165, 1.54) is 6.07 Å². The van der Waals surface area contributed by atoms with Crippen LogP contribution in [-0.4, -0.2) is 5.78 Å². The molecule has 6 heteroatoms. The van der Waals surface area contributed by atoms with Crippen LogP contribution in [0.1, 0.15) is 30.7 Å². The summed E-state index contributed by atoms with van der Waals surface area (Å²) in [7, 11) is 0. The summed E-state index contributed by atoms with van der Waals surface area (Å²) in [4.78, 5) is 12.3. The minimum atomic E-state index is -1.04. The molecule has 0 saturated heterocycles. The smallest absolute Gasteiger partial charge is 0.205 e. The molecule has 0 spiro atoms. The fourth-order valence-electron chi connectivity index (χ4n) is 2.88. The maximum Gasteiger partial charge on any atom is 0.205 e. The van der Waals surface area contributed by atoms with Gasteiger partial charge in [-0.1, -0.05) is 6.07 Å². The van der Waals surface area contributed by atoms with E-state index in [0.29, 0.717) is 36.2 Å². The molecule has 1 heterocycles. The lowest BCUT2D eigenvalue weighted by molar-refractivity contribution is -0.116. The highest BCUT2D eigenvalue weighted by Gasteiger charge is 2.38. The zero-order valence-electron chi connectivity index (χ0n) is 11.5. The fourth-order valence-corrected chi connectivity index (χ4v) is 2.88. The molecule has 0 amide bonds. The van der Waals surface area contributed by atoms with Crippen molar-refractivity contribution in [3.8, 4) is 6.07 Å². The van der Waals surface area contributed by atoms with E-state index in [0.717, 1.165) is 12.1 Å². The first-order valence-electron chi connectivity index (χ1n) is 6.81.